The summed E-state index contributed by atoms with van der Waals surface area (Å²) in [7, 11) is 0. The fourth-order valence-corrected chi connectivity index (χ4v) is 1.66. The highest BCUT2D eigenvalue weighted by molar-refractivity contribution is 5.71. The summed E-state index contributed by atoms with van der Waals surface area (Å²) in [5.74, 6) is 0.303. The van der Waals surface area contributed by atoms with E-state index in [-0.39, 0.29) is 18.6 Å². The Balaban J connectivity index is 2.55. The molecule has 0 aliphatic heterocycles. The molecule has 4 nitrogen and oxygen atoms in total. The zero-order valence-corrected chi connectivity index (χ0v) is 11.9. The topological polar surface area (TPSA) is 61.5 Å². The van der Waals surface area contributed by atoms with Crippen molar-refractivity contribution in [2.24, 2.45) is 5.73 Å². The van der Waals surface area contributed by atoms with E-state index < -0.39 is 0 Å². The summed E-state index contributed by atoms with van der Waals surface area (Å²) >= 11 is 0. The monoisotopic (exact) mass is 265 g/mol. The van der Waals surface area contributed by atoms with Crippen LogP contribution in [0.25, 0.3) is 0 Å². The number of carbonyl (C=O) groups excluding carboxylic acids is 1. The van der Waals surface area contributed by atoms with Gasteiger partial charge in [0.1, 0.15) is 5.75 Å². The third kappa shape index (κ3) is 5.30. The van der Waals surface area contributed by atoms with E-state index in [2.05, 4.69) is 0 Å². The van der Waals surface area contributed by atoms with Crippen molar-refractivity contribution >= 4 is 5.97 Å². The first kappa shape index (κ1) is 15.5. The molecule has 1 rings (SSSR count). The van der Waals surface area contributed by atoms with Gasteiger partial charge in [0.2, 0.25) is 0 Å². The fourth-order valence-electron chi connectivity index (χ4n) is 1.66. The molecule has 0 aromatic heterocycles. The van der Waals surface area contributed by atoms with Crippen molar-refractivity contribution in [3.63, 3.8) is 0 Å². The van der Waals surface area contributed by atoms with E-state index in [1.165, 1.54) is 0 Å². The van der Waals surface area contributed by atoms with Gasteiger partial charge in [0.05, 0.1) is 6.61 Å². The standard InChI is InChI=1S/C15H23NO3/c1-4-5-8-18-15(17)10-19-14-7-6-11(2)9-13(14)12(3)16/h6-7,9,12H,4-5,8,10,16H2,1-3H3. The van der Waals surface area contributed by atoms with Gasteiger partial charge < -0.3 is 15.2 Å². The van der Waals surface area contributed by atoms with Crippen LogP contribution in [-0.2, 0) is 9.53 Å². The number of unbranched alkanes of at least 4 members (excludes halogenated alkanes) is 1. The van der Waals surface area contributed by atoms with Gasteiger partial charge in [0.15, 0.2) is 6.61 Å². The van der Waals surface area contributed by atoms with Gasteiger partial charge in [0.25, 0.3) is 0 Å². The van der Waals surface area contributed by atoms with Crippen molar-refractivity contribution in [1.29, 1.82) is 0 Å². The van der Waals surface area contributed by atoms with Crippen molar-refractivity contribution in [1.82, 2.24) is 0 Å². The first-order valence-corrected chi connectivity index (χ1v) is 6.69. The van der Waals surface area contributed by atoms with Crippen LogP contribution in [0.15, 0.2) is 18.2 Å². The molecule has 1 aromatic carbocycles. The number of esters is 1. The molecule has 0 fully saturated rings. The van der Waals surface area contributed by atoms with Crippen molar-refractivity contribution < 1.29 is 14.3 Å². The zero-order valence-electron chi connectivity index (χ0n) is 11.9. The molecule has 1 aromatic rings. The highest BCUT2D eigenvalue weighted by Gasteiger charge is 2.10. The second kappa shape index (κ2) is 7.79. The Hall–Kier alpha value is -1.55. The first-order valence-electron chi connectivity index (χ1n) is 6.69. The third-order valence-electron chi connectivity index (χ3n) is 2.76. The van der Waals surface area contributed by atoms with E-state index in [4.69, 9.17) is 15.2 Å². The summed E-state index contributed by atoms with van der Waals surface area (Å²) in [6, 6.07) is 5.62. The first-order chi connectivity index (χ1) is 9.04. The molecular formula is C15H23NO3. The maximum absolute atomic E-state index is 11.5. The number of hydrogen-bond donors (Lipinski definition) is 1. The minimum absolute atomic E-state index is 0.0769. The number of hydrogen-bond acceptors (Lipinski definition) is 4. The Morgan fingerprint density at radius 3 is 2.79 bits per heavy atom. The number of ether oxygens (including phenoxy) is 2. The van der Waals surface area contributed by atoms with Gasteiger partial charge in [0, 0.05) is 11.6 Å². The highest BCUT2D eigenvalue weighted by Crippen LogP contribution is 2.24. The Morgan fingerprint density at radius 2 is 2.16 bits per heavy atom. The van der Waals surface area contributed by atoms with Crippen LogP contribution in [0.2, 0.25) is 0 Å². The predicted molar refractivity (Wildman–Crippen MR) is 75.1 cm³/mol. The summed E-state index contributed by atoms with van der Waals surface area (Å²) in [4.78, 5) is 11.5. The summed E-state index contributed by atoms with van der Waals surface area (Å²) in [5, 5.41) is 0. The van der Waals surface area contributed by atoms with Crippen molar-refractivity contribution in [2.45, 2.75) is 39.7 Å². The number of nitrogens with two attached hydrogens (primary N) is 1. The Morgan fingerprint density at radius 1 is 1.42 bits per heavy atom. The molecular weight excluding hydrogens is 242 g/mol. The average Bonchev–Trinajstić information content (AvgIpc) is 2.37. The molecule has 1 unspecified atom stereocenters. The maximum Gasteiger partial charge on any atom is 0.344 e. The second-order valence-electron chi connectivity index (χ2n) is 4.69. The molecule has 0 spiro atoms. The van der Waals surface area contributed by atoms with Crippen LogP contribution in [0.5, 0.6) is 5.75 Å². The molecule has 0 saturated heterocycles. The molecule has 106 valence electrons. The van der Waals surface area contributed by atoms with Gasteiger partial charge in [-0.1, -0.05) is 31.0 Å². The number of benzene rings is 1. The Kier molecular flexibility index (Phi) is 6.36. The molecule has 0 radical (unpaired) electrons. The van der Waals surface area contributed by atoms with E-state index in [0.29, 0.717) is 12.4 Å². The van der Waals surface area contributed by atoms with Crippen molar-refractivity contribution in [2.75, 3.05) is 13.2 Å². The lowest BCUT2D eigenvalue weighted by Gasteiger charge is -2.14. The third-order valence-corrected chi connectivity index (χ3v) is 2.76. The molecule has 0 bridgehead atoms. The van der Waals surface area contributed by atoms with Gasteiger partial charge in [-0.3, -0.25) is 0 Å². The lowest BCUT2D eigenvalue weighted by atomic mass is 10.1. The molecule has 4 heteroatoms. The molecule has 0 saturated carbocycles. The van der Waals surface area contributed by atoms with Gasteiger partial charge in [-0.25, -0.2) is 4.79 Å². The van der Waals surface area contributed by atoms with Gasteiger partial charge in [-0.15, -0.1) is 0 Å². The molecule has 19 heavy (non-hydrogen) atoms. The normalized spacial score (nSPS) is 12.0. The van der Waals surface area contributed by atoms with E-state index in [1.54, 1.807) is 0 Å². The minimum Gasteiger partial charge on any atom is -0.482 e. The Bertz CT molecular complexity index is 416. The quantitative estimate of drug-likeness (QED) is 0.608. The van der Waals surface area contributed by atoms with Crippen molar-refractivity contribution in [3.8, 4) is 5.75 Å². The van der Waals surface area contributed by atoms with Crippen LogP contribution in [0, 0.1) is 6.92 Å². The van der Waals surface area contributed by atoms with Crippen LogP contribution in [0.4, 0.5) is 0 Å². The summed E-state index contributed by atoms with van der Waals surface area (Å²) in [5.41, 5.74) is 7.91. The average molecular weight is 265 g/mol. The largest absolute Gasteiger partial charge is 0.482 e. The van der Waals surface area contributed by atoms with E-state index in [1.807, 2.05) is 39.0 Å². The van der Waals surface area contributed by atoms with E-state index >= 15 is 0 Å². The second-order valence-corrected chi connectivity index (χ2v) is 4.69. The summed E-state index contributed by atoms with van der Waals surface area (Å²) in [6.45, 7) is 6.31. The SMILES string of the molecule is CCCCOC(=O)COc1ccc(C)cc1C(C)N. The highest BCUT2D eigenvalue weighted by atomic mass is 16.6. The molecule has 0 aliphatic carbocycles. The fraction of sp³-hybridized carbons (Fsp3) is 0.533. The number of rotatable bonds is 7. The molecule has 0 aliphatic rings. The number of aryl methyl sites for hydroxylation is 1. The van der Waals surface area contributed by atoms with Crippen LogP contribution < -0.4 is 10.5 Å². The minimum atomic E-state index is -0.343. The lowest BCUT2D eigenvalue weighted by molar-refractivity contribution is -0.146. The summed E-state index contributed by atoms with van der Waals surface area (Å²) < 4.78 is 10.5. The van der Waals surface area contributed by atoms with Crippen molar-refractivity contribution in [3.05, 3.63) is 29.3 Å². The molecule has 0 amide bonds. The zero-order chi connectivity index (χ0) is 14.3. The Labute approximate surface area is 114 Å². The lowest BCUT2D eigenvalue weighted by Crippen LogP contribution is -2.17. The predicted octanol–water partition coefficient (Wildman–Crippen LogP) is 2.74. The summed E-state index contributed by atoms with van der Waals surface area (Å²) in [6.07, 6.45) is 1.88. The maximum atomic E-state index is 11.5. The van der Waals surface area contributed by atoms with E-state index in [9.17, 15) is 4.79 Å². The van der Waals surface area contributed by atoms with E-state index in [0.717, 1.165) is 24.0 Å². The van der Waals surface area contributed by atoms with Gasteiger partial charge in [-0.2, -0.15) is 0 Å². The van der Waals surface area contributed by atoms with Crippen LogP contribution in [0.3, 0.4) is 0 Å². The molecule has 0 heterocycles. The van der Waals surface area contributed by atoms with Gasteiger partial charge in [-0.05, 0) is 26.3 Å². The smallest absolute Gasteiger partial charge is 0.344 e. The van der Waals surface area contributed by atoms with Crippen LogP contribution in [-0.4, -0.2) is 19.2 Å². The van der Waals surface area contributed by atoms with Crippen LogP contribution in [0.1, 0.15) is 43.9 Å². The van der Waals surface area contributed by atoms with Crippen LogP contribution >= 0.6 is 0 Å². The van der Waals surface area contributed by atoms with Gasteiger partial charge >= 0.3 is 5.97 Å². The number of carbonyl (C=O) groups is 1. The molecule has 1 atom stereocenters. The molecule has 2 N–H and O–H groups in total.